The molecule has 0 unspecified atom stereocenters. The number of hydrogen-bond donors (Lipinski definition) is 2. The van der Waals surface area contributed by atoms with Crippen molar-refractivity contribution in [3.05, 3.63) is 59.9 Å². The number of methoxy groups -OCH3 is 1. The molecule has 10 heteroatoms. The van der Waals surface area contributed by atoms with Gasteiger partial charge in [0.05, 0.1) is 42.0 Å². The van der Waals surface area contributed by atoms with E-state index >= 15 is 0 Å². The van der Waals surface area contributed by atoms with Gasteiger partial charge in [-0.25, -0.2) is 4.39 Å². The van der Waals surface area contributed by atoms with Crippen LogP contribution in [0.3, 0.4) is 0 Å². The smallest absolute Gasteiger partial charge is 0.298 e. The van der Waals surface area contributed by atoms with E-state index in [1.165, 1.54) is 13.2 Å². The molecular weight excluding hydrogens is 489 g/mol. The molecule has 0 bridgehead atoms. The quantitative estimate of drug-likeness (QED) is 0.466. The predicted molar refractivity (Wildman–Crippen MR) is 140 cm³/mol. The van der Waals surface area contributed by atoms with Crippen LogP contribution in [0.4, 0.5) is 15.8 Å². The van der Waals surface area contributed by atoms with Crippen molar-refractivity contribution in [3.8, 4) is 29.0 Å². The molecule has 0 saturated carbocycles. The molecular formula is C28H28FN5O4. The summed E-state index contributed by atoms with van der Waals surface area (Å²) in [4.78, 5) is 31.3. The number of likely N-dealkylation sites (tertiary alicyclic amines) is 1. The Morgan fingerprint density at radius 2 is 2.18 bits per heavy atom. The maximum absolute atomic E-state index is 14.3. The van der Waals surface area contributed by atoms with E-state index in [9.17, 15) is 14.0 Å². The molecule has 2 aliphatic rings. The van der Waals surface area contributed by atoms with Gasteiger partial charge in [-0.2, -0.15) is 0 Å². The molecule has 1 aromatic carbocycles. The summed E-state index contributed by atoms with van der Waals surface area (Å²) < 4.78 is 27.7. The molecule has 2 amide bonds. The number of carbonyl (C=O) groups is 2. The summed E-state index contributed by atoms with van der Waals surface area (Å²) in [5, 5.41) is 6.06. The number of halogens is 1. The summed E-state index contributed by atoms with van der Waals surface area (Å²) in [7, 11) is 1.39. The first-order valence-corrected chi connectivity index (χ1v) is 12.4. The van der Waals surface area contributed by atoms with Crippen molar-refractivity contribution in [2.45, 2.75) is 32.2 Å². The Kier molecular flexibility index (Phi) is 7.18. The van der Waals surface area contributed by atoms with Crippen molar-refractivity contribution in [3.63, 3.8) is 0 Å². The molecule has 2 N–H and O–H groups in total. The lowest BCUT2D eigenvalue weighted by molar-refractivity contribution is -0.126. The van der Waals surface area contributed by atoms with Crippen molar-refractivity contribution < 1.29 is 23.5 Å². The van der Waals surface area contributed by atoms with Crippen LogP contribution in [0.2, 0.25) is 0 Å². The first-order valence-electron chi connectivity index (χ1n) is 12.4. The van der Waals surface area contributed by atoms with Gasteiger partial charge in [-0.15, -0.1) is 0 Å². The number of benzene rings is 1. The second-order valence-corrected chi connectivity index (χ2v) is 9.01. The maximum Gasteiger partial charge on any atom is 0.298 e. The van der Waals surface area contributed by atoms with Crippen LogP contribution >= 0.6 is 0 Å². The third kappa shape index (κ3) is 4.75. The van der Waals surface area contributed by atoms with Gasteiger partial charge >= 0.3 is 0 Å². The molecule has 2 aliphatic heterocycles. The highest BCUT2D eigenvalue weighted by atomic mass is 19.1. The van der Waals surface area contributed by atoms with Crippen molar-refractivity contribution in [2.75, 3.05) is 32.1 Å². The van der Waals surface area contributed by atoms with Crippen LogP contribution in [0.15, 0.2) is 42.9 Å². The number of pyridine rings is 1. The van der Waals surface area contributed by atoms with Crippen LogP contribution in [0, 0.1) is 17.7 Å². The molecule has 4 heterocycles. The van der Waals surface area contributed by atoms with E-state index in [1.807, 2.05) is 10.6 Å². The fourth-order valence-corrected chi connectivity index (χ4v) is 5.02. The van der Waals surface area contributed by atoms with E-state index in [2.05, 4.69) is 27.5 Å². The average molecular weight is 518 g/mol. The van der Waals surface area contributed by atoms with Gasteiger partial charge in [0.15, 0.2) is 17.3 Å². The predicted octanol–water partition coefficient (Wildman–Crippen LogP) is 3.44. The molecule has 0 aliphatic carbocycles. The van der Waals surface area contributed by atoms with Crippen LogP contribution in [-0.4, -0.2) is 59.1 Å². The highest BCUT2D eigenvalue weighted by molar-refractivity contribution is 6.03. The average Bonchev–Trinajstić information content (AvgIpc) is 3.54. The summed E-state index contributed by atoms with van der Waals surface area (Å²) in [5.74, 6) is 4.93. The van der Waals surface area contributed by atoms with Gasteiger partial charge in [-0.3, -0.25) is 14.6 Å². The fourth-order valence-electron chi connectivity index (χ4n) is 5.02. The van der Waals surface area contributed by atoms with Crippen molar-refractivity contribution in [1.82, 2.24) is 19.8 Å². The number of nitrogens with one attached hydrogen (secondary N) is 2. The zero-order valence-electron chi connectivity index (χ0n) is 21.2. The van der Waals surface area contributed by atoms with Crippen LogP contribution in [-0.2, 0) is 11.2 Å². The molecule has 196 valence electrons. The molecule has 1 fully saturated rings. The number of para-hydroxylation sites is 1. The van der Waals surface area contributed by atoms with E-state index in [0.717, 1.165) is 18.5 Å². The molecule has 1 atom stereocenters. The number of fused-ring (bicyclic) bond motifs is 1. The maximum atomic E-state index is 14.3. The minimum atomic E-state index is -0.510. The fraction of sp³-hybridized carbons (Fsp3) is 0.321. The third-order valence-corrected chi connectivity index (χ3v) is 6.75. The summed E-state index contributed by atoms with van der Waals surface area (Å²) in [5.41, 5.74) is 2.87. The Hall–Kier alpha value is -4.52. The van der Waals surface area contributed by atoms with Gasteiger partial charge in [-0.05, 0) is 43.9 Å². The standard InChI is InChI=1S/C28H28FN5O4/c1-3-6-25(35)33-14-5-7-18(33)17-38-24-15-30-12-10-22(24)34-16-21(26-23(34)11-13-31-28(26)36)32-20-9-4-8-19(29)27(20)37-2/h4,8-10,12,15-16,18,32H,5,7,11,13-14,17H2,1-2H3,(H,31,36)/t18-/m1/s1. The molecule has 9 nitrogen and oxygen atoms in total. The third-order valence-electron chi connectivity index (χ3n) is 6.75. The number of rotatable bonds is 7. The SMILES string of the molecule is CC#CC(=O)N1CCC[C@@H]1COc1cnccc1-n1cc(Nc2cccc(F)c2OC)c2c1CCNC2=O. The van der Waals surface area contributed by atoms with Crippen LogP contribution in [0.25, 0.3) is 5.69 Å². The number of hydrogen-bond acceptors (Lipinski definition) is 6. The first kappa shape index (κ1) is 25.1. The summed E-state index contributed by atoms with van der Waals surface area (Å²) in [6, 6.07) is 6.30. The van der Waals surface area contributed by atoms with Crippen molar-refractivity contribution in [2.24, 2.45) is 0 Å². The van der Waals surface area contributed by atoms with E-state index in [4.69, 9.17) is 9.47 Å². The van der Waals surface area contributed by atoms with Crippen molar-refractivity contribution >= 4 is 23.2 Å². The van der Waals surface area contributed by atoms with Gasteiger partial charge < -0.3 is 29.6 Å². The molecule has 5 rings (SSSR count). The molecule has 0 spiro atoms. The Bertz CT molecular complexity index is 1440. The van der Waals surface area contributed by atoms with Gasteiger partial charge in [0, 0.05) is 37.6 Å². The minimum absolute atomic E-state index is 0.0570. The number of aromatic nitrogens is 2. The van der Waals surface area contributed by atoms with Crippen LogP contribution < -0.4 is 20.1 Å². The molecule has 2 aromatic heterocycles. The largest absolute Gasteiger partial charge is 0.492 e. The van der Waals surface area contributed by atoms with Gasteiger partial charge in [0.2, 0.25) is 0 Å². The number of nitrogens with zero attached hydrogens (tertiary/aromatic N) is 3. The highest BCUT2D eigenvalue weighted by Gasteiger charge is 2.30. The van der Waals surface area contributed by atoms with Gasteiger partial charge in [0.25, 0.3) is 11.8 Å². The topological polar surface area (TPSA) is 97.7 Å². The monoisotopic (exact) mass is 517 g/mol. The van der Waals surface area contributed by atoms with Gasteiger partial charge in [0.1, 0.15) is 6.61 Å². The second kappa shape index (κ2) is 10.8. The van der Waals surface area contributed by atoms with E-state index < -0.39 is 5.82 Å². The number of amides is 2. The molecule has 38 heavy (non-hydrogen) atoms. The van der Waals surface area contributed by atoms with E-state index in [0.29, 0.717) is 54.5 Å². The van der Waals surface area contributed by atoms with Crippen molar-refractivity contribution in [1.29, 1.82) is 0 Å². The Labute approximate surface area is 219 Å². The normalized spacial score (nSPS) is 16.2. The molecule has 0 radical (unpaired) electrons. The van der Waals surface area contributed by atoms with E-state index in [1.54, 1.807) is 42.5 Å². The van der Waals surface area contributed by atoms with Crippen LogP contribution in [0.1, 0.15) is 35.8 Å². The number of ether oxygens (including phenoxy) is 2. The van der Waals surface area contributed by atoms with Crippen LogP contribution in [0.5, 0.6) is 11.5 Å². The lowest BCUT2D eigenvalue weighted by Crippen LogP contribution is -2.38. The van der Waals surface area contributed by atoms with Gasteiger partial charge in [-0.1, -0.05) is 12.0 Å². The Morgan fingerprint density at radius 1 is 1.32 bits per heavy atom. The number of anilines is 2. The summed E-state index contributed by atoms with van der Waals surface area (Å²) in [6.45, 7) is 3.08. The zero-order valence-corrected chi connectivity index (χ0v) is 21.2. The lowest BCUT2D eigenvalue weighted by Gasteiger charge is -2.23. The zero-order chi connectivity index (χ0) is 26.6. The second-order valence-electron chi connectivity index (χ2n) is 9.01. The van der Waals surface area contributed by atoms with E-state index in [-0.39, 0.29) is 23.6 Å². The Balaban J connectivity index is 1.48. The highest BCUT2D eigenvalue weighted by Crippen LogP contribution is 2.36. The number of carbonyl (C=O) groups excluding carboxylic acids is 2. The summed E-state index contributed by atoms with van der Waals surface area (Å²) >= 11 is 0. The lowest BCUT2D eigenvalue weighted by atomic mass is 10.1. The first-order chi connectivity index (χ1) is 18.5. The minimum Gasteiger partial charge on any atom is -0.492 e. The Morgan fingerprint density at radius 3 is 3.00 bits per heavy atom. The molecule has 3 aromatic rings. The summed E-state index contributed by atoms with van der Waals surface area (Å²) in [6.07, 6.45) is 7.39. The molecule has 1 saturated heterocycles.